The van der Waals surface area contributed by atoms with Crippen LogP contribution in [0.4, 0.5) is 11.5 Å². The summed E-state index contributed by atoms with van der Waals surface area (Å²) in [5.74, 6) is 0.0603. The highest BCUT2D eigenvalue weighted by molar-refractivity contribution is 9.10. The predicted molar refractivity (Wildman–Crippen MR) is 71.6 cm³/mol. The summed E-state index contributed by atoms with van der Waals surface area (Å²) in [5, 5.41) is 10.9. The van der Waals surface area contributed by atoms with Crippen LogP contribution in [0, 0.1) is 10.1 Å². The molecule has 100 valence electrons. The van der Waals surface area contributed by atoms with Gasteiger partial charge < -0.3 is 4.90 Å². The molecule has 1 aromatic rings. The van der Waals surface area contributed by atoms with Crippen molar-refractivity contribution in [2.24, 2.45) is 0 Å². The number of aromatic nitrogens is 1. The summed E-state index contributed by atoms with van der Waals surface area (Å²) >= 11 is 3.10. The van der Waals surface area contributed by atoms with Gasteiger partial charge in [-0.15, -0.1) is 0 Å². The Morgan fingerprint density at radius 3 is 2.67 bits per heavy atom. The number of nitrogens with zero attached hydrogens (tertiary/aromatic N) is 3. The fourth-order valence-corrected chi connectivity index (χ4v) is 2.18. The molecule has 0 aromatic carbocycles. The zero-order valence-electron chi connectivity index (χ0n) is 9.83. The van der Waals surface area contributed by atoms with E-state index in [9.17, 15) is 18.5 Å². The molecule has 0 saturated heterocycles. The Morgan fingerprint density at radius 2 is 2.17 bits per heavy atom. The van der Waals surface area contributed by atoms with Gasteiger partial charge >= 0.3 is 5.69 Å². The van der Waals surface area contributed by atoms with Crippen molar-refractivity contribution < 1.29 is 13.3 Å². The Hall–Kier alpha value is -1.22. The molecule has 7 nitrogen and oxygen atoms in total. The average molecular weight is 338 g/mol. The fourth-order valence-electron chi connectivity index (χ4n) is 1.26. The van der Waals surface area contributed by atoms with Gasteiger partial charge in [0.15, 0.2) is 0 Å². The molecule has 0 aliphatic carbocycles. The van der Waals surface area contributed by atoms with Gasteiger partial charge in [0.2, 0.25) is 5.82 Å². The maximum Gasteiger partial charge on any atom is 0.312 e. The minimum Gasteiger partial charge on any atom is -0.353 e. The Morgan fingerprint density at radius 1 is 1.56 bits per heavy atom. The van der Waals surface area contributed by atoms with E-state index in [-0.39, 0.29) is 23.8 Å². The predicted octanol–water partition coefficient (Wildman–Crippen LogP) is 1.23. The molecule has 0 aliphatic heterocycles. The summed E-state index contributed by atoms with van der Waals surface area (Å²) in [6.07, 6.45) is 2.55. The first-order valence-electron chi connectivity index (χ1n) is 4.89. The second kappa shape index (κ2) is 5.61. The van der Waals surface area contributed by atoms with E-state index in [2.05, 4.69) is 20.9 Å². The monoisotopic (exact) mass is 337 g/mol. The first kappa shape index (κ1) is 14.8. The Kier molecular flexibility index (Phi) is 4.63. The summed E-state index contributed by atoms with van der Waals surface area (Å²) < 4.78 is 22.6. The van der Waals surface area contributed by atoms with Crippen LogP contribution < -0.4 is 4.90 Å². The molecule has 0 radical (unpaired) electrons. The molecule has 1 heterocycles. The fraction of sp³-hybridized carbons (Fsp3) is 0.444. The Bertz CT molecular complexity index is 561. The maximum absolute atomic E-state index is 11.1. The molecule has 0 fully saturated rings. The van der Waals surface area contributed by atoms with E-state index >= 15 is 0 Å². The number of rotatable bonds is 5. The molecule has 0 N–H and O–H groups in total. The topological polar surface area (TPSA) is 93.4 Å². The third-order valence-corrected chi connectivity index (χ3v) is 3.53. The first-order chi connectivity index (χ1) is 8.20. The number of sulfone groups is 1. The van der Waals surface area contributed by atoms with Gasteiger partial charge in [0, 0.05) is 36.6 Å². The molecule has 0 spiro atoms. The summed E-state index contributed by atoms with van der Waals surface area (Å²) in [5.41, 5.74) is -0.166. The van der Waals surface area contributed by atoms with E-state index < -0.39 is 14.8 Å². The maximum atomic E-state index is 11.1. The van der Waals surface area contributed by atoms with E-state index in [0.717, 1.165) is 6.26 Å². The van der Waals surface area contributed by atoms with E-state index in [0.29, 0.717) is 4.47 Å². The van der Waals surface area contributed by atoms with E-state index in [4.69, 9.17) is 0 Å². The molecule has 0 amide bonds. The van der Waals surface area contributed by atoms with Crippen LogP contribution in [0.3, 0.4) is 0 Å². The molecule has 0 atom stereocenters. The van der Waals surface area contributed by atoms with Crippen molar-refractivity contribution >= 4 is 37.3 Å². The van der Waals surface area contributed by atoms with Gasteiger partial charge in [-0.3, -0.25) is 10.1 Å². The average Bonchev–Trinajstić information content (AvgIpc) is 2.24. The van der Waals surface area contributed by atoms with Gasteiger partial charge in [0.05, 0.1) is 10.7 Å². The molecular formula is C9H12BrN3O4S. The number of hydrogen-bond donors (Lipinski definition) is 0. The second-order valence-corrected chi connectivity index (χ2v) is 6.98. The number of hydrogen-bond acceptors (Lipinski definition) is 6. The number of halogens is 1. The van der Waals surface area contributed by atoms with Crippen LogP contribution in [0.25, 0.3) is 0 Å². The highest BCUT2D eigenvalue weighted by atomic mass is 79.9. The SMILES string of the molecule is CN(CCS(C)(=O)=O)c1ncc(Br)cc1[N+](=O)[O-]. The molecular weight excluding hydrogens is 326 g/mol. The van der Waals surface area contributed by atoms with E-state index in [1.807, 2.05) is 0 Å². The summed E-state index contributed by atoms with van der Waals surface area (Å²) in [6.45, 7) is 0.147. The number of nitro groups is 1. The minimum atomic E-state index is -3.12. The lowest BCUT2D eigenvalue weighted by molar-refractivity contribution is -0.384. The number of anilines is 1. The van der Waals surface area contributed by atoms with Gasteiger partial charge in [0.25, 0.3) is 0 Å². The third-order valence-electron chi connectivity index (χ3n) is 2.17. The standard InChI is InChI=1S/C9H12BrN3O4S/c1-12(3-4-18(2,16)17)9-8(13(14)15)5-7(10)6-11-9/h5-6H,3-4H2,1-2H3. The van der Waals surface area contributed by atoms with Crippen molar-refractivity contribution in [3.8, 4) is 0 Å². The number of pyridine rings is 1. The molecule has 9 heteroatoms. The van der Waals surface area contributed by atoms with Crippen molar-refractivity contribution in [2.75, 3.05) is 30.5 Å². The highest BCUT2D eigenvalue weighted by Crippen LogP contribution is 2.27. The zero-order chi connectivity index (χ0) is 13.9. The van der Waals surface area contributed by atoms with Crippen LogP contribution >= 0.6 is 15.9 Å². The summed E-state index contributed by atoms with van der Waals surface area (Å²) in [6, 6.07) is 1.33. The molecule has 18 heavy (non-hydrogen) atoms. The third kappa shape index (κ3) is 4.22. The van der Waals surface area contributed by atoms with Crippen LogP contribution in [-0.2, 0) is 9.84 Å². The van der Waals surface area contributed by atoms with Gasteiger partial charge in [-0.1, -0.05) is 0 Å². The lowest BCUT2D eigenvalue weighted by Gasteiger charge is -2.17. The van der Waals surface area contributed by atoms with Crippen molar-refractivity contribution in [1.82, 2.24) is 4.98 Å². The van der Waals surface area contributed by atoms with E-state index in [1.54, 1.807) is 7.05 Å². The second-order valence-electron chi connectivity index (χ2n) is 3.80. The van der Waals surface area contributed by atoms with Gasteiger partial charge in [-0.05, 0) is 15.9 Å². The molecule has 0 aliphatic rings. The normalized spacial score (nSPS) is 11.3. The van der Waals surface area contributed by atoms with Crippen molar-refractivity contribution in [1.29, 1.82) is 0 Å². The van der Waals surface area contributed by atoms with Gasteiger partial charge in [-0.25, -0.2) is 13.4 Å². The molecule has 0 unspecified atom stereocenters. The molecule has 1 aromatic heterocycles. The van der Waals surface area contributed by atoms with Crippen LogP contribution in [0.2, 0.25) is 0 Å². The van der Waals surface area contributed by atoms with Crippen molar-refractivity contribution in [2.45, 2.75) is 0 Å². The van der Waals surface area contributed by atoms with Crippen LogP contribution in [-0.4, -0.2) is 43.9 Å². The minimum absolute atomic E-state index is 0.0849. The lowest BCUT2D eigenvalue weighted by Crippen LogP contribution is -2.26. The largest absolute Gasteiger partial charge is 0.353 e. The summed E-state index contributed by atoms with van der Waals surface area (Å²) in [7, 11) is -1.55. The molecule has 1 rings (SSSR count). The highest BCUT2D eigenvalue weighted by Gasteiger charge is 2.20. The van der Waals surface area contributed by atoms with Crippen molar-refractivity contribution in [3.63, 3.8) is 0 Å². The molecule has 0 bridgehead atoms. The zero-order valence-corrected chi connectivity index (χ0v) is 12.2. The quantitative estimate of drug-likeness (QED) is 0.592. The van der Waals surface area contributed by atoms with Crippen LogP contribution in [0.1, 0.15) is 0 Å². The Labute approximate surface area is 113 Å². The lowest BCUT2D eigenvalue weighted by atomic mass is 10.3. The summed E-state index contributed by atoms with van der Waals surface area (Å²) in [4.78, 5) is 15.7. The van der Waals surface area contributed by atoms with Gasteiger partial charge in [0.1, 0.15) is 9.84 Å². The molecule has 0 saturated carbocycles. The van der Waals surface area contributed by atoms with Crippen LogP contribution in [0.5, 0.6) is 0 Å². The first-order valence-corrected chi connectivity index (χ1v) is 7.75. The van der Waals surface area contributed by atoms with Crippen LogP contribution in [0.15, 0.2) is 16.7 Å². The smallest absolute Gasteiger partial charge is 0.312 e. The van der Waals surface area contributed by atoms with Gasteiger partial charge in [-0.2, -0.15) is 0 Å². The Balaban J connectivity index is 2.98. The van der Waals surface area contributed by atoms with Crippen molar-refractivity contribution in [3.05, 3.63) is 26.9 Å². The van der Waals surface area contributed by atoms with E-state index in [1.165, 1.54) is 17.2 Å².